The monoisotopic (exact) mass is 269 g/mol. The lowest BCUT2D eigenvalue weighted by Crippen LogP contribution is -2.40. The number of nitrogens with zero attached hydrogens (tertiary/aromatic N) is 3. The van der Waals surface area contributed by atoms with Gasteiger partial charge in [0.25, 0.3) is 0 Å². The van der Waals surface area contributed by atoms with Crippen LogP contribution in [0.5, 0.6) is 5.88 Å². The van der Waals surface area contributed by atoms with Gasteiger partial charge in [-0.3, -0.25) is 0 Å². The highest BCUT2D eigenvalue weighted by Crippen LogP contribution is 2.18. The van der Waals surface area contributed by atoms with Gasteiger partial charge in [0.15, 0.2) is 0 Å². The fourth-order valence-electron chi connectivity index (χ4n) is 2.21. The molecular formula is C13H20ClN3O. The molecule has 1 aliphatic heterocycles. The third kappa shape index (κ3) is 3.56. The van der Waals surface area contributed by atoms with Crippen molar-refractivity contribution in [2.45, 2.75) is 38.6 Å². The lowest BCUT2D eigenvalue weighted by Gasteiger charge is -2.31. The smallest absolute Gasteiger partial charge is 0.218 e. The molecule has 0 aliphatic carbocycles. The minimum atomic E-state index is 0.453. The lowest BCUT2D eigenvalue weighted by atomic mass is 10.0. The number of hydrogen-bond acceptors (Lipinski definition) is 4. The number of rotatable bonds is 4. The second kappa shape index (κ2) is 6.34. The zero-order valence-corrected chi connectivity index (χ0v) is 11.8. The fraction of sp³-hybridized carbons (Fsp3) is 0.692. The van der Waals surface area contributed by atoms with Gasteiger partial charge in [0, 0.05) is 18.5 Å². The van der Waals surface area contributed by atoms with Crippen LogP contribution in [-0.2, 0) is 6.42 Å². The van der Waals surface area contributed by atoms with E-state index < -0.39 is 0 Å². The van der Waals surface area contributed by atoms with Crippen molar-refractivity contribution in [1.82, 2.24) is 14.9 Å². The fourth-order valence-corrected chi connectivity index (χ4v) is 2.40. The Kier molecular flexibility index (Phi) is 4.78. The van der Waals surface area contributed by atoms with Crippen LogP contribution >= 0.6 is 11.6 Å². The topological polar surface area (TPSA) is 38.2 Å². The van der Waals surface area contributed by atoms with Gasteiger partial charge in [-0.2, -0.15) is 4.98 Å². The first kappa shape index (κ1) is 13.6. The van der Waals surface area contributed by atoms with Gasteiger partial charge in [-0.15, -0.1) is 0 Å². The number of aryl methyl sites for hydroxylation is 1. The molecule has 2 rings (SSSR count). The molecule has 1 unspecified atom stereocenters. The Balaban J connectivity index is 1.94. The summed E-state index contributed by atoms with van der Waals surface area (Å²) in [4.78, 5) is 10.8. The van der Waals surface area contributed by atoms with Crippen LogP contribution in [0, 0.1) is 0 Å². The van der Waals surface area contributed by atoms with Crippen LogP contribution in [0.15, 0.2) is 6.07 Å². The van der Waals surface area contributed by atoms with Crippen LogP contribution in [0.4, 0.5) is 0 Å². The molecule has 5 heteroatoms. The van der Waals surface area contributed by atoms with E-state index in [2.05, 4.69) is 21.9 Å². The lowest BCUT2D eigenvalue weighted by molar-refractivity contribution is 0.122. The number of hydrogen-bond donors (Lipinski definition) is 0. The highest BCUT2D eigenvalue weighted by atomic mass is 35.5. The minimum absolute atomic E-state index is 0.453. The van der Waals surface area contributed by atoms with Gasteiger partial charge in [-0.25, -0.2) is 4.98 Å². The second-order valence-electron chi connectivity index (χ2n) is 4.74. The molecule has 1 atom stereocenters. The molecule has 0 bridgehead atoms. The summed E-state index contributed by atoms with van der Waals surface area (Å²) in [6.07, 6.45) is 4.52. The molecule has 1 aromatic heterocycles. The maximum absolute atomic E-state index is 5.94. The van der Waals surface area contributed by atoms with E-state index in [4.69, 9.17) is 16.3 Å². The van der Waals surface area contributed by atoms with Crippen LogP contribution < -0.4 is 4.74 Å². The van der Waals surface area contributed by atoms with Crippen LogP contribution in [0.3, 0.4) is 0 Å². The van der Waals surface area contributed by atoms with Crippen molar-refractivity contribution < 1.29 is 4.74 Å². The highest BCUT2D eigenvalue weighted by Gasteiger charge is 2.19. The van der Waals surface area contributed by atoms with Gasteiger partial charge in [-0.05, 0) is 26.4 Å². The summed E-state index contributed by atoms with van der Waals surface area (Å²) in [5, 5.41) is 0.453. The van der Waals surface area contributed by atoms with E-state index in [0.29, 0.717) is 23.7 Å². The Morgan fingerprint density at radius 3 is 3.00 bits per heavy atom. The van der Waals surface area contributed by atoms with Gasteiger partial charge in [0.1, 0.15) is 17.6 Å². The molecule has 0 N–H and O–H groups in total. The Morgan fingerprint density at radius 1 is 1.44 bits per heavy atom. The minimum Gasteiger partial charge on any atom is -0.476 e. The predicted octanol–water partition coefficient (Wildman–Crippen LogP) is 2.56. The zero-order chi connectivity index (χ0) is 13.0. The first-order valence-corrected chi connectivity index (χ1v) is 6.93. The molecule has 0 saturated carbocycles. The van der Waals surface area contributed by atoms with Crippen molar-refractivity contribution in [1.29, 1.82) is 0 Å². The number of piperidine rings is 1. The summed E-state index contributed by atoms with van der Waals surface area (Å²) >= 11 is 5.94. The molecule has 100 valence electrons. The van der Waals surface area contributed by atoms with Crippen molar-refractivity contribution in [3.63, 3.8) is 0 Å². The van der Waals surface area contributed by atoms with Crippen molar-refractivity contribution >= 4 is 11.6 Å². The quantitative estimate of drug-likeness (QED) is 0.788. The average molecular weight is 270 g/mol. The summed E-state index contributed by atoms with van der Waals surface area (Å²) in [6, 6.07) is 2.17. The van der Waals surface area contributed by atoms with Crippen molar-refractivity contribution in [3.05, 3.63) is 17.0 Å². The molecule has 0 amide bonds. The van der Waals surface area contributed by atoms with Crippen LogP contribution in [-0.4, -0.2) is 41.1 Å². The Labute approximate surface area is 113 Å². The van der Waals surface area contributed by atoms with Gasteiger partial charge in [0.05, 0.1) is 0 Å². The molecule has 2 heterocycles. The normalized spacial score (nSPS) is 20.9. The van der Waals surface area contributed by atoms with Gasteiger partial charge < -0.3 is 9.64 Å². The van der Waals surface area contributed by atoms with Gasteiger partial charge >= 0.3 is 0 Å². The number of likely N-dealkylation sites (tertiary alicyclic amines) is 1. The third-order valence-electron chi connectivity index (χ3n) is 3.38. The molecule has 1 fully saturated rings. The van der Waals surface area contributed by atoms with Crippen LogP contribution in [0.25, 0.3) is 0 Å². The van der Waals surface area contributed by atoms with Crippen molar-refractivity contribution in [2.75, 3.05) is 20.2 Å². The SMILES string of the molecule is CCc1nc(Cl)cc(OCC2CCCCN2C)n1. The second-order valence-corrected chi connectivity index (χ2v) is 5.13. The molecule has 0 radical (unpaired) electrons. The van der Waals surface area contributed by atoms with E-state index in [1.54, 1.807) is 6.07 Å². The predicted molar refractivity (Wildman–Crippen MR) is 72.2 cm³/mol. The number of ether oxygens (including phenoxy) is 1. The number of aromatic nitrogens is 2. The van der Waals surface area contributed by atoms with Crippen molar-refractivity contribution in [2.24, 2.45) is 0 Å². The average Bonchev–Trinajstić information content (AvgIpc) is 2.37. The van der Waals surface area contributed by atoms with E-state index in [9.17, 15) is 0 Å². The van der Waals surface area contributed by atoms with Crippen LogP contribution in [0.1, 0.15) is 32.0 Å². The third-order valence-corrected chi connectivity index (χ3v) is 3.57. The summed E-state index contributed by atoms with van der Waals surface area (Å²) in [6.45, 7) is 3.83. The van der Waals surface area contributed by atoms with E-state index in [1.807, 2.05) is 6.92 Å². The molecular weight excluding hydrogens is 250 g/mol. The molecule has 0 aromatic carbocycles. The molecule has 0 spiro atoms. The van der Waals surface area contributed by atoms with Crippen molar-refractivity contribution in [3.8, 4) is 5.88 Å². The number of likely N-dealkylation sites (N-methyl/N-ethyl adjacent to an activating group) is 1. The van der Waals surface area contributed by atoms with E-state index in [1.165, 1.54) is 19.3 Å². The Hall–Kier alpha value is -0.870. The highest BCUT2D eigenvalue weighted by molar-refractivity contribution is 6.29. The maximum atomic E-state index is 5.94. The Morgan fingerprint density at radius 2 is 2.28 bits per heavy atom. The summed E-state index contributed by atoms with van der Waals surface area (Å²) < 4.78 is 5.76. The first-order valence-electron chi connectivity index (χ1n) is 6.55. The van der Waals surface area contributed by atoms with E-state index >= 15 is 0 Å². The van der Waals surface area contributed by atoms with E-state index in [-0.39, 0.29) is 0 Å². The maximum Gasteiger partial charge on any atom is 0.218 e. The summed E-state index contributed by atoms with van der Waals surface area (Å²) in [5.74, 6) is 1.32. The van der Waals surface area contributed by atoms with Crippen LogP contribution in [0.2, 0.25) is 5.15 Å². The molecule has 18 heavy (non-hydrogen) atoms. The summed E-state index contributed by atoms with van der Waals surface area (Å²) in [5.41, 5.74) is 0. The number of halogens is 1. The standard InChI is InChI=1S/C13H20ClN3O/c1-3-12-15-11(14)8-13(16-12)18-9-10-6-4-5-7-17(10)2/h8,10H,3-7,9H2,1-2H3. The van der Waals surface area contributed by atoms with E-state index in [0.717, 1.165) is 18.8 Å². The zero-order valence-electron chi connectivity index (χ0n) is 11.0. The molecule has 1 aromatic rings. The molecule has 1 aliphatic rings. The summed E-state index contributed by atoms with van der Waals surface area (Å²) in [7, 11) is 2.15. The largest absolute Gasteiger partial charge is 0.476 e. The molecule has 1 saturated heterocycles. The Bertz CT molecular complexity index is 400. The van der Waals surface area contributed by atoms with Gasteiger partial charge in [-0.1, -0.05) is 24.9 Å². The van der Waals surface area contributed by atoms with Gasteiger partial charge in [0.2, 0.25) is 5.88 Å². The first-order chi connectivity index (χ1) is 8.69. The molecule has 4 nitrogen and oxygen atoms in total.